The number of primary amides is 1. The lowest BCUT2D eigenvalue weighted by Gasteiger charge is -2.25. The van der Waals surface area contributed by atoms with Gasteiger partial charge in [0, 0.05) is 18.9 Å². The summed E-state index contributed by atoms with van der Waals surface area (Å²) >= 11 is 0. The van der Waals surface area contributed by atoms with Crippen LogP contribution in [0.15, 0.2) is 54.9 Å². The van der Waals surface area contributed by atoms with Crippen molar-refractivity contribution in [1.82, 2.24) is 5.09 Å². The summed E-state index contributed by atoms with van der Waals surface area (Å²) in [5.41, 5.74) is 5.65. The van der Waals surface area contributed by atoms with Gasteiger partial charge in [-0.1, -0.05) is 25.1 Å². The van der Waals surface area contributed by atoms with Crippen molar-refractivity contribution >= 4 is 25.6 Å². The molecular weight excluding hydrogens is 529 g/mol. The van der Waals surface area contributed by atoms with Crippen LogP contribution in [-0.4, -0.2) is 48.8 Å². The number of aromatic nitrogens is 1. The van der Waals surface area contributed by atoms with E-state index in [2.05, 4.69) is 5.09 Å². The number of hydrogen-bond donors (Lipinski definition) is 2. The maximum Gasteiger partial charge on any atom is 0.459 e. The van der Waals surface area contributed by atoms with Gasteiger partial charge in [-0.2, -0.15) is 9.65 Å². The number of benzene rings is 1. The van der Waals surface area contributed by atoms with Crippen LogP contribution in [0.2, 0.25) is 0 Å². The third-order valence-corrected chi connectivity index (χ3v) is 7.48. The average Bonchev–Trinajstić information content (AvgIpc) is 3.17. The number of nitrogens with one attached hydrogen (secondary N) is 1. The smallest absolute Gasteiger partial charge is 0.459 e. The largest absolute Gasteiger partial charge is 0.462 e. The quantitative estimate of drug-likeness (QED) is 0.223. The molecule has 1 aliphatic rings. The van der Waals surface area contributed by atoms with E-state index in [9.17, 15) is 18.9 Å². The van der Waals surface area contributed by atoms with E-state index in [0.717, 1.165) is 0 Å². The third kappa shape index (κ3) is 8.34. The van der Waals surface area contributed by atoms with Crippen LogP contribution in [0.1, 0.15) is 51.2 Å². The lowest BCUT2D eigenvalue weighted by molar-refractivity contribution is -0.765. The predicted octanol–water partition coefficient (Wildman–Crippen LogP) is 2.67. The molecule has 13 heteroatoms. The highest BCUT2D eigenvalue weighted by Crippen LogP contribution is 2.46. The molecule has 1 unspecified atom stereocenters. The zero-order valence-corrected chi connectivity index (χ0v) is 23.4. The van der Waals surface area contributed by atoms with E-state index in [0.29, 0.717) is 0 Å². The van der Waals surface area contributed by atoms with Gasteiger partial charge in [-0.05, 0) is 39.0 Å². The van der Waals surface area contributed by atoms with Crippen LogP contribution in [0.5, 0.6) is 5.75 Å². The molecule has 1 amide bonds. The Bertz CT molecular complexity index is 1210. The molecule has 3 N–H and O–H groups in total. The van der Waals surface area contributed by atoms with Crippen molar-refractivity contribution in [2.45, 2.75) is 65.2 Å². The number of carbonyl (C=O) groups excluding carboxylic acids is 3. The van der Waals surface area contributed by atoms with E-state index in [4.69, 9.17) is 29.0 Å². The first-order chi connectivity index (χ1) is 18.4. The molecule has 1 aliphatic heterocycles. The summed E-state index contributed by atoms with van der Waals surface area (Å²) in [5, 5.41) is 2.63. The van der Waals surface area contributed by atoms with Gasteiger partial charge in [-0.25, -0.2) is 4.57 Å². The zero-order chi connectivity index (χ0) is 28.7. The maximum absolute atomic E-state index is 13.8. The van der Waals surface area contributed by atoms with Crippen LogP contribution in [-0.2, 0) is 32.9 Å². The van der Waals surface area contributed by atoms with Gasteiger partial charge in [0.25, 0.3) is 5.91 Å². The highest BCUT2D eigenvalue weighted by atomic mass is 31.2. The van der Waals surface area contributed by atoms with Gasteiger partial charge >= 0.3 is 25.9 Å². The minimum Gasteiger partial charge on any atom is -0.462 e. The Labute approximate surface area is 227 Å². The van der Waals surface area contributed by atoms with Crippen molar-refractivity contribution < 1.29 is 46.8 Å². The highest BCUT2D eigenvalue weighted by Gasteiger charge is 2.50. The summed E-state index contributed by atoms with van der Waals surface area (Å²) in [6.45, 7) is 7.72. The molecule has 2 heterocycles. The van der Waals surface area contributed by atoms with E-state index >= 15 is 0 Å². The standard InChI is InChI=1S/C26H34N3O9P/c1-16(2)35-26(32)18(4)28-39(33,38-21-11-7-6-8-12-21)34-15-22-17(3)23(36-19(5)30)25(37-22)29-13-9-10-20(14-29)24(27)31/h6-14,16-18,22-23,25H,15H2,1-5H3,(H2-,27,28,31,33)/p+1/t17-,18+,22-,23-,25-,39?/m1/s1. The van der Waals surface area contributed by atoms with Crippen molar-refractivity contribution in [3.8, 4) is 5.75 Å². The molecule has 1 saturated heterocycles. The molecule has 1 fully saturated rings. The molecule has 3 rings (SSSR count). The molecule has 1 aromatic carbocycles. The third-order valence-electron chi connectivity index (χ3n) is 5.84. The number of amides is 1. The van der Waals surface area contributed by atoms with Crippen LogP contribution in [0.4, 0.5) is 0 Å². The second-order valence-electron chi connectivity index (χ2n) is 9.44. The van der Waals surface area contributed by atoms with Gasteiger partial charge < -0.3 is 24.5 Å². The summed E-state index contributed by atoms with van der Waals surface area (Å²) in [6.07, 6.45) is 0.482. The van der Waals surface area contributed by atoms with Crippen LogP contribution in [0.25, 0.3) is 0 Å². The Morgan fingerprint density at radius 1 is 1.13 bits per heavy atom. The summed E-state index contributed by atoms with van der Waals surface area (Å²) in [7, 11) is -4.14. The minimum atomic E-state index is -4.14. The Morgan fingerprint density at radius 2 is 1.82 bits per heavy atom. The van der Waals surface area contributed by atoms with E-state index in [1.54, 1.807) is 74.0 Å². The number of hydrogen-bond acceptors (Lipinski definition) is 9. The number of rotatable bonds is 12. The highest BCUT2D eigenvalue weighted by molar-refractivity contribution is 7.52. The molecule has 0 radical (unpaired) electrons. The van der Waals surface area contributed by atoms with Crippen molar-refractivity contribution in [1.29, 1.82) is 0 Å². The van der Waals surface area contributed by atoms with Crippen LogP contribution >= 0.6 is 7.75 Å². The van der Waals surface area contributed by atoms with E-state index in [1.807, 2.05) is 0 Å². The lowest BCUT2D eigenvalue weighted by Crippen LogP contribution is -2.46. The number of pyridine rings is 1. The number of nitrogens with zero attached hydrogens (tertiary/aromatic N) is 1. The fourth-order valence-corrected chi connectivity index (χ4v) is 5.44. The van der Waals surface area contributed by atoms with Gasteiger partial charge in [0.1, 0.15) is 17.4 Å². The second kappa shape index (κ2) is 13.2. The van der Waals surface area contributed by atoms with Crippen LogP contribution < -0.4 is 19.9 Å². The first kappa shape index (κ1) is 30.2. The molecule has 6 atom stereocenters. The van der Waals surface area contributed by atoms with E-state index in [1.165, 1.54) is 20.0 Å². The minimum absolute atomic E-state index is 0.238. The SMILES string of the molecule is CC(=O)O[C@@H]1[C@H](C)[C@@H](COP(=O)(N[C@@H](C)C(=O)OC(C)C)Oc2ccccc2)O[C@H]1[n+]1cccc(C(N)=O)c1. The molecule has 0 aliphatic carbocycles. The first-order valence-electron chi connectivity index (χ1n) is 12.5. The van der Waals surface area contributed by atoms with Gasteiger partial charge in [0.05, 0.1) is 18.8 Å². The number of carbonyl (C=O) groups is 3. The van der Waals surface area contributed by atoms with Crippen molar-refractivity contribution in [2.24, 2.45) is 11.7 Å². The number of ether oxygens (including phenoxy) is 3. The van der Waals surface area contributed by atoms with Crippen LogP contribution in [0, 0.1) is 5.92 Å². The van der Waals surface area contributed by atoms with Crippen LogP contribution in [0.3, 0.4) is 0 Å². The molecule has 39 heavy (non-hydrogen) atoms. The normalized spacial score (nSPS) is 23.0. The molecule has 12 nitrogen and oxygen atoms in total. The summed E-state index contributed by atoms with van der Waals surface area (Å²) in [4.78, 5) is 36.0. The van der Waals surface area contributed by atoms with E-state index in [-0.39, 0.29) is 24.0 Å². The number of esters is 2. The second-order valence-corrected chi connectivity index (χ2v) is 11.1. The topological polar surface area (TPSA) is 156 Å². The molecule has 1 aromatic heterocycles. The molecule has 0 bridgehead atoms. The Balaban J connectivity index is 1.82. The summed E-state index contributed by atoms with van der Waals surface area (Å²) in [6, 6.07) is 10.5. The first-order valence-corrected chi connectivity index (χ1v) is 14.0. The van der Waals surface area contributed by atoms with Crippen molar-refractivity contribution in [3.63, 3.8) is 0 Å². The van der Waals surface area contributed by atoms with E-state index < -0.39 is 56.0 Å². The molecule has 0 saturated carbocycles. The van der Waals surface area contributed by atoms with Gasteiger partial charge in [0.2, 0.25) is 0 Å². The molecule has 0 spiro atoms. The Hall–Kier alpha value is -3.31. The fraction of sp³-hybridized carbons (Fsp3) is 0.462. The Morgan fingerprint density at radius 3 is 2.44 bits per heavy atom. The fourth-order valence-electron chi connectivity index (χ4n) is 3.94. The molecule has 212 valence electrons. The van der Waals surface area contributed by atoms with Gasteiger partial charge in [-0.15, -0.1) is 0 Å². The summed E-state index contributed by atoms with van der Waals surface area (Å²) in [5.74, 6) is -1.94. The molecule has 2 aromatic rings. The van der Waals surface area contributed by atoms with Crippen molar-refractivity contribution in [3.05, 3.63) is 60.4 Å². The van der Waals surface area contributed by atoms with Gasteiger partial charge in [-0.3, -0.25) is 18.9 Å². The number of para-hydroxylation sites is 1. The average molecular weight is 565 g/mol. The lowest BCUT2D eigenvalue weighted by atomic mass is 10.0. The monoisotopic (exact) mass is 564 g/mol. The van der Waals surface area contributed by atoms with Gasteiger partial charge in [0.15, 0.2) is 18.5 Å². The van der Waals surface area contributed by atoms with Crippen molar-refractivity contribution in [2.75, 3.05) is 6.61 Å². The summed E-state index contributed by atoms with van der Waals surface area (Å²) < 4.78 is 43.8. The zero-order valence-electron chi connectivity index (χ0n) is 22.5. The molecular formula is C26H35N3O9P+. The maximum atomic E-state index is 13.8. The Kier molecular flexibility index (Phi) is 10.2. The predicted molar refractivity (Wildman–Crippen MR) is 138 cm³/mol. The number of nitrogens with two attached hydrogens (primary N) is 1.